The highest BCUT2D eigenvalue weighted by atomic mass is 19.1. The number of aryl methyl sites for hydroxylation is 1. The third kappa shape index (κ3) is 4.57. The van der Waals surface area contributed by atoms with Gasteiger partial charge in [0, 0.05) is 0 Å². The third-order valence-electron chi connectivity index (χ3n) is 2.55. The van der Waals surface area contributed by atoms with E-state index in [9.17, 15) is 14.0 Å². The lowest BCUT2D eigenvalue weighted by molar-refractivity contribution is -0.139. The van der Waals surface area contributed by atoms with Crippen LogP contribution in [0.1, 0.15) is 25.3 Å². The number of amides is 2. The average molecular weight is 268 g/mol. The Morgan fingerprint density at radius 2 is 2.11 bits per heavy atom. The van der Waals surface area contributed by atoms with Gasteiger partial charge >= 0.3 is 12.0 Å². The molecule has 0 heterocycles. The zero-order chi connectivity index (χ0) is 14.4. The van der Waals surface area contributed by atoms with E-state index in [1.807, 2.05) is 6.92 Å². The highest BCUT2D eigenvalue weighted by Gasteiger charge is 2.19. The number of carbonyl (C=O) groups excluding carboxylic acids is 1. The lowest BCUT2D eigenvalue weighted by Crippen LogP contribution is -2.43. The molecule has 0 aliphatic heterocycles. The number of carboxylic acids is 1. The van der Waals surface area contributed by atoms with Gasteiger partial charge in [0.05, 0.1) is 5.69 Å². The van der Waals surface area contributed by atoms with Crippen molar-refractivity contribution >= 4 is 17.7 Å². The standard InChI is InChI=1S/C13H17FN2O3/c1-3-4-10(12(17)18)15-13(19)16-11-7-8(2)5-6-9(11)14/h5-7,10H,3-4H2,1-2H3,(H,17,18)(H2,15,16,19)/t10-/m0/s1. The lowest BCUT2D eigenvalue weighted by Gasteiger charge is -2.14. The molecular weight excluding hydrogens is 251 g/mol. The summed E-state index contributed by atoms with van der Waals surface area (Å²) in [7, 11) is 0. The lowest BCUT2D eigenvalue weighted by atomic mass is 10.2. The Kier molecular flexibility index (Phi) is 5.29. The van der Waals surface area contributed by atoms with Crippen molar-refractivity contribution in [1.82, 2.24) is 5.32 Å². The molecule has 0 fully saturated rings. The SMILES string of the molecule is CCC[C@H](NC(=O)Nc1cc(C)ccc1F)C(=O)O. The second kappa shape index (κ2) is 6.72. The van der Waals surface area contributed by atoms with E-state index in [1.54, 1.807) is 13.0 Å². The van der Waals surface area contributed by atoms with Crippen molar-refractivity contribution in [3.05, 3.63) is 29.6 Å². The van der Waals surface area contributed by atoms with Gasteiger partial charge in [-0.05, 0) is 31.0 Å². The van der Waals surface area contributed by atoms with E-state index in [2.05, 4.69) is 10.6 Å². The van der Waals surface area contributed by atoms with Gasteiger partial charge in [0.2, 0.25) is 0 Å². The molecule has 0 aromatic heterocycles. The van der Waals surface area contributed by atoms with Gasteiger partial charge in [0.25, 0.3) is 0 Å². The van der Waals surface area contributed by atoms with Gasteiger partial charge in [0.1, 0.15) is 11.9 Å². The van der Waals surface area contributed by atoms with Crippen LogP contribution in [0.5, 0.6) is 0 Å². The van der Waals surface area contributed by atoms with Gasteiger partial charge in [-0.2, -0.15) is 0 Å². The van der Waals surface area contributed by atoms with Gasteiger partial charge in [0.15, 0.2) is 0 Å². The maximum Gasteiger partial charge on any atom is 0.326 e. The minimum Gasteiger partial charge on any atom is -0.480 e. The van der Waals surface area contributed by atoms with E-state index in [0.29, 0.717) is 12.8 Å². The van der Waals surface area contributed by atoms with Crippen LogP contribution in [0.2, 0.25) is 0 Å². The first kappa shape index (κ1) is 14.9. The van der Waals surface area contributed by atoms with E-state index in [-0.39, 0.29) is 5.69 Å². The summed E-state index contributed by atoms with van der Waals surface area (Å²) in [6.07, 6.45) is 0.940. The molecule has 1 atom stereocenters. The minimum absolute atomic E-state index is 0.0261. The molecule has 0 saturated heterocycles. The first-order valence-corrected chi connectivity index (χ1v) is 6.00. The van der Waals surface area contributed by atoms with Crippen molar-refractivity contribution in [3.8, 4) is 0 Å². The summed E-state index contributed by atoms with van der Waals surface area (Å²) in [6, 6.07) is 2.59. The maximum absolute atomic E-state index is 13.4. The zero-order valence-corrected chi connectivity index (χ0v) is 10.9. The number of anilines is 1. The van der Waals surface area contributed by atoms with Crippen LogP contribution in [0.25, 0.3) is 0 Å². The fraction of sp³-hybridized carbons (Fsp3) is 0.385. The Bertz CT molecular complexity index is 477. The minimum atomic E-state index is -1.11. The summed E-state index contributed by atoms with van der Waals surface area (Å²) < 4.78 is 13.4. The van der Waals surface area contributed by atoms with Crippen LogP contribution in [0, 0.1) is 12.7 Å². The Balaban J connectivity index is 2.68. The average Bonchev–Trinajstić information content (AvgIpc) is 2.33. The summed E-state index contributed by atoms with van der Waals surface area (Å²) in [5, 5.41) is 13.5. The van der Waals surface area contributed by atoms with Gasteiger partial charge in [-0.1, -0.05) is 19.4 Å². The van der Waals surface area contributed by atoms with Crippen LogP contribution in [-0.2, 0) is 4.79 Å². The second-order valence-corrected chi connectivity index (χ2v) is 4.26. The zero-order valence-electron chi connectivity index (χ0n) is 10.9. The smallest absolute Gasteiger partial charge is 0.326 e. The molecule has 0 aliphatic rings. The van der Waals surface area contributed by atoms with Crippen LogP contribution in [0.4, 0.5) is 14.9 Å². The monoisotopic (exact) mass is 268 g/mol. The Morgan fingerprint density at radius 1 is 1.42 bits per heavy atom. The Hall–Kier alpha value is -2.11. The summed E-state index contributed by atoms with van der Waals surface area (Å²) in [6.45, 7) is 3.58. The van der Waals surface area contributed by atoms with Crippen LogP contribution < -0.4 is 10.6 Å². The second-order valence-electron chi connectivity index (χ2n) is 4.26. The molecule has 1 rings (SSSR count). The highest BCUT2D eigenvalue weighted by Crippen LogP contribution is 2.15. The van der Waals surface area contributed by atoms with Crippen LogP contribution in [0.15, 0.2) is 18.2 Å². The predicted octanol–water partition coefficient (Wildman–Crippen LogP) is 2.51. The fourth-order valence-corrected chi connectivity index (χ4v) is 1.60. The Morgan fingerprint density at radius 3 is 2.68 bits per heavy atom. The van der Waals surface area contributed by atoms with Crippen molar-refractivity contribution in [2.45, 2.75) is 32.7 Å². The summed E-state index contributed by atoms with van der Waals surface area (Å²) in [5.74, 6) is -1.68. The quantitative estimate of drug-likeness (QED) is 0.767. The molecular formula is C13H17FN2O3. The maximum atomic E-state index is 13.4. The molecule has 0 spiro atoms. The molecule has 1 aromatic rings. The molecule has 2 amide bonds. The van der Waals surface area contributed by atoms with Gasteiger partial charge in [-0.3, -0.25) is 0 Å². The van der Waals surface area contributed by atoms with Crippen molar-refractivity contribution in [2.24, 2.45) is 0 Å². The van der Waals surface area contributed by atoms with Crippen molar-refractivity contribution < 1.29 is 19.1 Å². The molecule has 6 heteroatoms. The molecule has 0 aliphatic carbocycles. The summed E-state index contributed by atoms with van der Waals surface area (Å²) >= 11 is 0. The van der Waals surface area contributed by atoms with Crippen LogP contribution in [0.3, 0.4) is 0 Å². The number of halogens is 1. The van der Waals surface area contributed by atoms with Crippen molar-refractivity contribution in [1.29, 1.82) is 0 Å². The number of carbonyl (C=O) groups is 2. The van der Waals surface area contributed by atoms with E-state index >= 15 is 0 Å². The first-order chi connectivity index (χ1) is 8.93. The summed E-state index contributed by atoms with van der Waals surface area (Å²) in [4.78, 5) is 22.5. The normalized spacial score (nSPS) is 11.7. The molecule has 0 unspecified atom stereocenters. The molecule has 1 aromatic carbocycles. The molecule has 3 N–H and O–H groups in total. The van der Waals surface area contributed by atoms with E-state index < -0.39 is 23.9 Å². The van der Waals surface area contributed by atoms with Crippen molar-refractivity contribution in [2.75, 3.05) is 5.32 Å². The van der Waals surface area contributed by atoms with E-state index in [0.717, 1.165) is 5.56 Å². The summed E-state index contributed by atoms with van der Waals surface area (Å²) in [5.41, 5.74) is 0.818. The van der Waals surface area contributed by atoms with Gasteiger partial charge in [-0.15, -0.1) is 0 Å². The largest absolute Gasteiger partial charge is 0.480 e. The third-order valence-corrected chi connectivity index (χ3v) is 2.55. The van der Waals surface area contributed by atoms with Gasteiger partial charge < -0.3 is 15.7 Å². The first-order valence-electron chi connectivity index (χ1n) is 6.00. The van der Waals surface area contributed by atoms with E-state index in [4.69, 9.17) is 5.11 Å². The molecule has 5 nitrogen and oxygen atoms in total. The molecule has 104 valence electrons. The van der Waals surface area contributed by atoms with Gasteiger partial charge in [-0.25, -0.2) is 14.0 Å². The molecule has 0 saturated carbocycles. The Labute approximate surface area is 110 Å². The number of urea groups is 1. The number of hydrogen-bond acceptors (Lipinski definition) is 2. The number of benzene rings is 1. The number of aliphatic carboxylic acids is 1. The number of rotatable bonds is 5. The van der Waals surface area contributed by atoms with Crippen LogP contribution >= 0.6 is 0 Å². The van der Waals surface area contributed by atoms with E-state index in [1.165, 1.54) is 12.1 Å². The number of hydrogen-bond donors (Lipinski definition) is 3. The number of nitrogens with one attached hydrogen (secondary N) is 2. The molecule has 19 heavy (non-hydrogen) atoms. The topological polar surface area (TPSA) is 78.4 Å². The molecule has 0 bridgehead atoms. The van der Waals surface area contributed by atoms with Crippen molar-refractivity contribution in [3.63, 3.8) is 0 Å². The molecule has 0 radical (unpaired) electrons. The fourth-order valence-electron chi connectivity index (χ4n) is 1.60. The number of carboxylic acid groups (broad SMARTS) is 1. The highest BCUT2D eigenvalue weighted by molar-refractivity contribution is 5.92. The van der Waals surface area contributed by atoms with Crippen LogP contribution in [-0.4, -0.2) is 23.1 Å². The predicted molar refractivity (Wildman–Crippen MR) is 69.6 cm³/mol.